The van der Waals surface area contributed by atoms with Gasteiger partial charge in [0.05, 0.1) is 0 Å². The molecule has 3 N–H and O–H groups in total. The summed E-state index contributed by atoms with van der Waals surface area (Å²) in [4.78, 5) is 19.4. The Hall–Kier alpha value is -1.64. The molecule has 1 aromatic rings. The van der Waals surface area contributed by atoms with Gasteiger partial charge in [-0.05, 0) is 55.0 Å². The van der Waals surface area contributed by atoms with E-state index in [-0.39, 0.29) is 5.41 Å². The van der Waals surface area contributed by atoms with Crippen molar-refractivity contribution in [1.29, 1.82) is 0 Å². The average molecular weight is 401 g/mol. The maximum atomic E-state index is 11.6. The van der Waals surface area contributed by atoms with E-state index in [0.29, 0.717) is 22.9 Å². The van der Waals surface area contributed by atoms with Crippen molar-refractivity contribution >= 4 is 33.8 Å². The first-order chi connectivity index (χ1) is 11.0. The minimum absolute atomic E-state index is 0.0729. The van der Waals surface area contributed by atoms with Crippen molar-refractivity contribution in [3.05, 3.63) is 4.60 Å². The minimum Gasteiger partial charge on any atom is -0.465 e. The SMILES string of the molecule is CC1(CN(C(=O)O)C(C)(C)C)CCN(c2nnc(Br)c(N)n2)CC1. The highest BCUT2D eigenvalue weighted by Gasteiger charge is 2.37. The van der Waals surface area contributed by atoms with E-state index < -0.39 is 11.6 Å². The number of carbonyl (C=O) groups is 1. The maximum absolute atomic E-state index is 11.6. The highest BCUT2D eigenvalue weighted by molar-refractivity contribution is 9.10. The number of hydrogen-bond acceptors (Lipinski definition) is 6. The summed E-state index contributed by atoms with van der Waals surface area (Å²) in [6.07, 6.45) is 0.831. The van der Waals surface area contributed by atoms with Crippen molar-refractivity contribution in [2.45, 2.75) is 46.1 Å². The fourth-order valence-corrected chi connectivity index (χ4v) is 3.00. The van der Waals surface area contributed by atoms with Crippen LogP contribution in [0.4, 0.5) is 16.6 Å². The first-order valence-electron chi connectivity index (χ1n) is 7.93. The van der Waals surface area contributed by atoms with Crippen LogP contribution >= 0.6 is 15.9 Å². The molecular formula is C15H25BrN6O2. The number of carboxylic acid groups (broad SMARTS) is 1. The first-order valence-corrected chi connectivity index (χ1v) is 8.72. The quantitative estimate of drug-likeness (QED) is 0.801. The lowest BCUT2D eigenvalue weighted by Gasteiger charge is -2.44. The highest BCUT2D eigenvalue weighted by Crippen LogP contribution is 2.35. The van der Waals surface area contributed by atoms with Crippen molar-refractivity contribution in [1.82, 2.24) is 20.1 Å². The average Bonchev–Trinajstić information content (AvgIpc) is 2.47. The summed E-state index contributed by atoms with van der Waals surface area (Å²) in [5.74, 6) is 0.835. The van der Waals surface area contributed by atoms with E-state index in [2.05, 4.69) is 38.0 Å². The molecule has 1 aliphatic rings. The molecule has 1 aliphatic heterocycles. The van der Waals surface area contributed by atoms with Crippen LogP contribution in [0.1, 0.15) is 40.5 Å². The summed E-state index contributed by atoms with van der Waals surface area (Å²) >= 11 is 3.19. The smallest absolute Gasteiger partial charge is 0.407 e. The Kier molecular flexibility index (Phi) is 5.22. The van der Waals surface area contributed by atoms with Crippen LogP contribution in [0.2, 0.25) is 0 Å². The second kappa shape index (κ2) is 6.70. The predicted molar refractivity (Wildman–Crippen MR) is 96.0 cm³/mol. The summed E-state index contributed by atoms with van der Waals surface area (Å²) in [5, 5.41) is 17.5. The summed E-state index contributed by atoms with van der Waals surface area (Å²) in [6, 6.07) is 0. The van der Waals surface area contributed by atoms with Crippen molar-refractivity contribution in [3.63, 3.8) is 0 Å². The fraction of sp³-hybridized carbons (Fsp3) is 0.733. The van der Waals surface area contributed by atoms with Crippen molar-refractivity contribution in [2.75, 3.05) is 30.3 Å². The van der Waals surface area contributed by atoms with Gasteiger partial charge in [0.25, 0.3) is 0 Å². The number of hydrogen-bond donors (Lipinski definition) is 2. The Balaban J connectivity index is 2.04. The summed E-state index contributed by atoms with van der Waals surface area (Å²) in [7, 11) is 0. The van der Waals surface area contributed by atoms with Crippen molar-refractivity contribution in [3.8, 4) is 0 Å². The van der Waals surface area contributed by atoms with Crippen LogP contribution in [0, 0.1) is 5.41 Å². The van der Waals surface area contributed by atoms with Gasteiger partial charge >= 0.3 is 6.09 Å². The Morgan fingerprint density at radius 2 is 1.96 bits per heavy atom. The fourth-order valence-electron chi connectivity index (χ4n) is 2.83. The predicted octanol–water partition coefficient (Wildman–Crippen LogP) is 2.60. The zero-order valence-corrected chi connectivity index (χ0v) is 16.2. The van der Waals surface area contributed by atoms with Crippen LogP contribution in [-0.4, -0.2) is 56.5 Å². The third-order valence-corrected chi connectivity index (χ3v) is 5.06. The molecule has 1 saturated heterocycles. The van der Waals surface area contributed by atoms with E-state index in [1.807, 2.05) is 25.7 Å². The van der Waals surface area contributed by atoms with E-state index in [4.69, 9.17) is 5.73 Å². The molecule has 0 atom stereocenters. The zero-order valence-electron chi connectivity index (χ0n) is 14.6. The molecular weight excluding hydrogens is 376 g/mol. The molecule has 2 rings (SSSR count). The third kappa shape index (κ3) is 4.25. The standard InChI is InChI=1S/C15H25BrN6O2/c1-14(2,3)22(13(23)24)9-15(4)5-7-21(8-6-15)12-18-11(17)10(16)19-20-12/h5-9H2,1-4H3,(H,23,24)(H2,17,18,20). The van der Waals surface area contributed by atoms with Gasteiger partial charge in [-0.3, -0.25) is 0 Å². The summed E-state index contributed by atoms with van der Waals surface area (Å²) in [5.41, 5.74) is 5.28. The highest BCUT2D eigenvalue weighted by atomic mass is 79.9. The molecule has 0 aliphatic carbocycles. The maximum Gasteiger partial charge on any atom is 0.407 e. The zero-order chi connectivity index (χ0) is 18.1. The molecule has 0 unspecified atom stereocenters. The van der Waals surface area contributed by atoms with Crippen molar-refractivity contribution < 1.29 is 9.90 Å². The molecule has 1 aromatic heterocycles. The van der Waals surface area contributed by atoms with E-state index in [0.717, 1.165) is 25.9 Å². The minimum atomic E-state index is -0.876. The van der Waals surface area contributed by atoms with Crippen LogP contribution in [0.25, 0.3) is 0 Å². The van der Waals surface area contributed by atoms with Crippen LogP contribution < -0.4 is 10.6 Å². The van der Waals surface area contributed by atoms with Gasteiger partial charge in [-0.2, -0.15) is 4.98 Å². The van der Waals surface area contributed by atoms with Gasteiger partial charge in [-0.1, -0.05) is 6.92 Å². The molecule has 0 aromatic carbocycles. The number of amides is 1. The number of nitrogen functional groups attached to an aromatic ring is 1. The number of nitrogens with two attached hydrogens (primary N) is 1. The summed E-state index contributed by atoms with van der Waals surface area (Å²) < 4.78 is 0.440. The molecule has 1 amide bonds. The Labute approximate surface area is 150 Å². The second-order valence-electron chi connectivity index (χ2n) is 7.63. The Morgan fingerprint density at radius 3 is 2.42 bits per heavy atom. The molecule has 8 nitrogen and oxygen atoms in total. The molecule has 134 valence electrons. The van der Waals surface area contributed by atoms with Gasteiger partial charge in [0, 0.05) is 25.2 Å². The molecule has 0 radical (unpaired) electrons. The van der Waals surface area contributed by atoms with Gasteiger partial charge in [-0.15, -0.1) is 10.2 Å². The molecule has 0 spiro atoms. The lowest BCUT2D eigenvalue weighted by molar-refractivity contribution is 0.0593. The third-order valence-electron chi connectivity index (χ3n) is 4.49. The lowest BCUT2D eigenvalue weighted by atomic mass is 9.79. The molecule has 1 fully saturated rings. The number of nitrogens with zero attached hydrogens (tertiary/aromatic N) is 5. The van der Waals surface area contributed by atoms with Crippen LogP contribution in [0.3, 0.4) is 0 Å². The van der Waals surface area contributed by atoms with Gasteiger partial charge in [0.2, 0.25) is 5.95 Å². The van der Waals surface area contributed by atoms with Gasteiger partial charge in [0.1, 0.15) is 0 Å². The number of halogens is 1. The van der Waals surface area contributed by atoms with E-state index in [9.17, 15) is 9.90 Å². The molecule has 0 saturated carbocycles. The molecule has 9 heteroatoms. The molecule has 24 heavy (non-hydrogen) atoms. The molecule has 0 bridgehead atoms. The van der Waals surface area contributed by atoms with Crippen LogP contribution in [-0.2, 0) is 0 Å². The number of piperidine rings is 1. The van der Waals surface area contributed by atoms with Gasteiger partial charge in [0.15, 0.2) is 10.4 Å². The lowest BCUT2D eigenvalue weighted by Crippen LogP contribution is -2.52. The van der Waals surface area contributed by atoms with E-state index in [1.165, 1.54) is 4.90 Å². The largest absolute Gasteiger partial charge is 0.465 e. The summed E-state index contributed by atoms with van der Waals surface area (Å²) in [6.45, 7) is 9.91. The van der Waals surface area contributed by atoms with Crippen LogP contribution in [0.15, 0.2) is 4.60 Å². The topological polar surface area (TPSA) is 108 Å². The normalized spacial score (nSPS) is 17.6. The van der Waals surface area contributed by atoms with E-state index in [1.54, 1.807) is 0 Å². The van der Waals surface area contributed by atoms with Gasteiger partial charge in [-0.25, -0.2) is 4.79 Å². The van der Waals surface area contributed by atoms with E-state index >= 15 is 0 Å². The molecule has 2 heterocycles. The van der Waals surface area contributed by atoms with Crippen molar-refractivity contribution in [2.24, 2.45) is 5.41 Å². The number of aromatic nitrogens is 3. The first kappa shape index (κ1) is 18.7. The monoisotopic (exact) mass is 400 g/mol. The number of anilines is 2. The Morgan fingerprint density at radius 1 is 1.38 bits per heavy atom. The Bertz CT molecular complexity index is 610. The second-order valence-corrected chi connectivity index (χ2v) is 8.38. The van der Waals surface area contributed by atoms with Gasteiger partial charge < -0.3 is 20.6 Å². The van der Waals surface area contributed by atoms with Crippen LogP contribution in [0.5, 0.6) is 0 Å². The number of rotatable bonds is 3.